The van der Waals surface area contributed by atoms with Crippen molar-refractivity contribution in [1.82, 2.24) is 10.2 Å². The number of benzene rings is 1. The predicted molar refractivity (Wildman–Crippen MR) is 91.8 cm³/mol. The normalized spacial score (nSPS) is 11.1. The molecular formula is C17H26N4O. The minimum absolute atomic E-state index is 0.0580. The van der Waals surface area contributed by atoms with Gasteiger partial charge in [-0.1, -0.05) is 24.3 Å². The number of guanidine groups is 1. The molecule has 0 unspecified atom stereocenters. The van der Waals surface area contributed by atoms with E-state index in [2.05, 4.69) is 16.9 Å². The van der Waals surface area contributed by atoms with Gasteiger partial charge in [-0.3, -0.25) is 4.79 Å². The van der Waals surface area contributed by atoms with Gasteiger partial charge in [0, 0.05) is 25.2 Å². The molecule has 5 heteroatoms. The van der Waals surface area contributed by atoms with E-state index in [0.717, 1.165) is 11.1 Å². The van der Waals surface area contributed by atoms with Gasteiger partial charge in [0.25, 0.3) is 5.91 Å². The van der Waals surface area contributed by atoms with Crippen LogP contribution in [0.2, 0.25) is 0 Å². The molecule has 0 bridgehead atoms. The summed E-state index contributed by atoms with van der Waals surface area (Å²) in [6.07, 6.45) is 0. The molecule has 120 valence electrons. The quantitative estimate of drug-likeness (QED) is 0.460. The van der Waals surface area contributed by atoms with Gasteiger partial charge >= 0.3 is 0 Å². The second-order valence-corrected chi connectivity index (χ2v) is 5.19. The minimum Gasteiger partial charge on any atom is -0.370 e. The number of nitrogens with one attached hydrogen (secondary N) is 1. The topological polar surface area (TPSA) is 70.7 Å². The molecule has 0 aliphatic heterocycles. The SMILES string of the molecule is C=C(C)CNC(N)=NCc1ccc(C(=O)N(CC)CC)cc1. The summed E-state index contributed by atoms with van der Waals surface area (Å²) in [4.78, 5) is 18.2. The Morgan fingerprint density at radius 1 is 1.27 bits per heavy atom. The molecule has 1 aromatic carbocycles. The molecule has 0 aliphatic rings. The molecule has 22 heavy (non-hydrogen) atoms. The summed E-state index contributed by atoms with van der Waals surface area (Å²) in [5.74, 6) is 0.453. The Labute approximate surface area is 132 Å². The predicted octanol–water partition coefficient (Wildman–Crippen LogP) is 2.15. The summed E-state index contributed by atoms with van der Waals surface area (Å²) < 4.78 is 0. The van der Waals surface area contributed by atoms with Crippen molar-refractivity contribution in [2.24, 2.45) is 10.7 Å². The summed E-state index contributed by atoms with van der Waals surface area (Å²) in [6, 6.07) is 7.49. The fraction of sp³-hybridized carbons (Fsp3) is 0.412. The van der Waals surface area contributed by atoms with Crippen molar-refractivity contribution < 1.29 is 4.79 Å². The molecule has 0 spiro atoms. The molecule has 1 aromatic rings. The molecule has 0 radical (unpaired) electrons. The van der Waals surface area contributed by atoms with Gasteiger partial charge in [-0.2, -0.15) is 0 Å². The minimum atomic E-state index is 0.0580. The monoisotopic (exact) mass is 302 g/mol. The Balaban J connectivity index is 2.63. The van der Waals surface area contributed by atoms with E-state index in [-0.39, 0.29) is 5.91 Å². The highest BCUT2D eigenvalue weighted by Crippen LogP contribution is 2.08. The molecule has 3 N–H and O–H groups in total. The highest BCUT2D eigenvalue weighted by atomic mass is 16.2. The summed E-state index contributed by atoms with van der Waals surface area (Å²) in [5.41, 5.74) is 8.47. The summed E-state index contributed by atoms with van der Waals surface area (Å²) in [7, 11) is 0. The largest absolute Gasteiger partial charge is 0.370 e. The summed E-state index contributed by atoms with van der Waals surface area (Å²) in [6.45, 7) is 12.2. The van der Waals surface area contributed by atoms with Crippen LogP contribution in [0.3, 0.4) is 0 Å². The number of hydrogen-bond acceptors (Lipinski definition) is 2. The summed E-state index contributed by atoms with van der Waals surface area (Å²) in [5, 5.41) is 2.98. The van der Waals surface area contributed by atoms with Crippen molar-refractivity contribution in [3.8, 4) is 0 Å². The van der Waals surface area contributed by atoms with Gasteiger partial charge in [-0.15, -0.1) is 0 Å². The Morgan fingerprint density at radius 2 is 1.86 bits per heavy atom. The van der Waals surface area contributed by atoms with Crippen LogP contribution in [0.15, 0.2) is 41.4 Å². The molecule has 0 saturated heterocycles. The van der Waals surface area contributed by atoms with E-state index in [1.165, 1.54) is 0 Å². The number of hydrogen-bond donors (Lipinski definition) is 2. The van der Waals surface area contributed by atoms with Gasteiger partial charge in [-0.05, 0) is 38.5 Å². The lowest BCUT2D eigenvalue weighted by Crippen LogP contribution is -2.32. The molecule has 0 atom stereocenters. The first kappa shape index (κ1) is 17.8. The molecule has 1 amide bonds. The van der Waals surface area contributed by atoms with Crippen LogP contribution < -0.4 is 11.1 Å². The van der Waals surface area contributed by atoms with Crippen molar-refractivity contribution in [3.63, 3.8) is 0 Å². The lowest BCUT2D eigenvalue weighted by atomic mass is 10.1. The van der Waals surface area contributed by atoms with Gasteiger partial charge in [0.2, 0.25) is 0 Å². The fourth-order valence-electron chi connectivity index (χ4n) is 1.92. The van der Waals surface area contributed by atoms with E-state index in [9.17, 15) is 4.79 Å². The maximum atomic E-state index is 12.2. The van der Waals surface area contributed by atoms with E-state index >= 15 is 0 Å². The van der Waals surface area contributed by atoms with E-state index in [4.69, 9.17) is 5.73 Å². The molecule has 1 rings (SSSR count). The van der Waals surface area contributed by atoms with Crippen molar-refractivity contribution in [3.05, 3.63) is 47.5 Å². The molecule has 0 aliphatic carbocycles. The number of nitrogens with zero attached hydrogens (tertiary/aromatic N) is 2. The lowest BCUT2D eigenvalue weighted by molar-refractivity contribution is 0.0773. The maximum absolute atomic E-state index is 12.2. The third-order valence-electron chi connectivity index (χ3n) is 3.25. The molecule has 0 aromatic heterocycles. The maximum Gasteiger partial charge on any atom is 0.253 e. The second kappa shape index (κ2) is 8.87. The van der Waals surface area contributed by atoms with Crippen LogP contribution in [0.4, 0.5) is 0 Å². The number of amides is 1. The van der Waals surface area contributed by atoms with Crippen LogP contribution in [0.25, 0.3) is 0 Å². The van der Waals surface area contributed by atoms with Gasteiger partial charge < -0.3 is 16.0 Å². The van der Waals surface area contributed by atoms with Crippen molar-refractivity contribution in [2.75, 3.05) is 19.6 Å². The zero-order valence-corrected chi connectivity index (χ0v) is 13.7. The Bertz CT molecular complexity index is 530. The molecular weight excluding hydrogens is 276 g/mol. The number of nitrogens with two attached hydrogens (primary N) is 1. The number of rotatable bonds is 7. The average molecular weight is 302 g/mol. The fourth-order valence-corrected chi connectivity index (χ4v) is 1.92. The third kappa shape index (κ3) is 5.60. The number of carbonyl (C=O) groups is 1. The first-order valence-electron chi connectivity index (χ1n) is 7.54. The van der Waals surface area contributed by atoms with E-state index in [0.29, 0.717) is 37.7 Å². The smallest absolute Gasteiger partial charge is 0.253 e. The standard InChI is InChI=1S/C17H26N4O/c1-5-21(6-2)16(22)15-9-7-14(8-10-15)12-20-17(18)19-11-13(3)4/h7-10H,3,5-6,11-12H2,1-2,4H3,(H3,18,19,20). The first-order chi connectivity index (χ1) is 10.5. The Morgan fingerprint density at radius 3 is 2.36 bits per heavy atom. The first-order valence-corrected chi connectivity index (χ1v) is 7.54. The van der Waals surface area contributed by atoms with Crippen LogP contribution in [-0.4, -0.2) is 36.4 Å². The van der Waals surface area contributed by atoms with Crippen molar-refractivity contribution in [2.45, 2.75) is 27.3 Å². The molecule has 0 heterocycles. The zero-order chi connectivity index (χ0) is 16.5. The van der Waals surface area contributed by atoms with Gasteiger partial charge in [0.1, 0.15) is 0 Å². The van der Waals surface area contributed by atoms with Crippen LogP contribution in [0.5, 0.6) is 0 Å². The zero-order valence-electron chi connectivity index (χ0n) is 13.7. The van der Waals surface area contributed by atoms with Gasteiger partial charge in [0.15, 0.2) is 5.96 Å². The molecule has 0 saturated carbocycles. The highest BCUT2D eigenvalue weighted by molar-refractivity contribution is 5.94. The van der Waals surface area contributed by atoms with Crippen LogP contribution in [0, 0.1) is 0 Å². The van der Waals surface area contributed by atoms with E-state index in [1.807, 2.05) is 45.0 Å². The van der Waals surface area contributed by atoms with Crippen LogP contribution in [-0.2, 0) is 6.54 Å². The Kier molecular flexibility index (Phi) is 7.16. The lowest BCUT2D eigenvalue weighted by Gasteiger charge is -2.18. The number of carbonyl (C=O) groups excluding carboxylic acids is 1. The Hall–Kier alpha value is -2.30. The van der Waals surface area contributed by atoms with Gasteiger partial charge in [-0.25, -0.2) is 4.99 Å². The average Bonchev–Trinajstić information content (AvgIpc) is 2.52. The van der Waals surface area contributed by atoms with Crippen molar-refractivity contribution >= 4 is 11.9 Å². The van der Waals surface area contributed by atoms with E-state index < -0.39 is 0 Å². The third-order valence-corrected chi connectivity index (χ3v) is 3.25. The van der Waals surface area contributed by atoms with Gasteiger partial charge in [0.05, 0.1) is 6.54 Å². The van der Waals surface area contributed by atoms with Crippen molar-refractivity contribution in [1.29, 1.82) is 0 Å². The van der Waals surface area contributed by atoms with Crippen LogP contribution >= 0.6 is 0 Å². The molecule has 5 nitrogen and oxygen atoms in total. The van der Waals surface area contributed by atoms with E-state index in [1.54, 1.807) is 4.90 Å². The highest BCUT2D eigenvalue weighted by Gasteiger charge is 2.11. The van der Waals surface area contributed by atoms with Crippen LogP contribution in [0.1, 0.15) is 36.7 Å². The summed E-state index contributed by atoms with van der Waals surface area (Å²) >= 11 is 0. The number of aliphatic imine (C=N–C) groups is 1. The molecule has 0 fully saturated rings. The second-order valence-electron chi connectivity index (χ2n) is 5.19.